The molecule has 0 saturated carbocycles. The summed E-state index contributed by atoms with van der Waals surface area (Å²) in [5.74, 6) is 0.131. The van der Waals surface area contributed by atoms with E-state index in [9.17, 15) is 18.0 Å². The minimum atomic E-state index is -3.78. The lowest BCUT2D eigenvalue weighted by Gasteiger charge is -2.24. The third-order valence-electron chi connectivity index (χ3n) is 6.87. The molecule has 0 radical (unpaired) electrons. The standard InChI is InChI=1S/C31H28ClN3O4S2/c1-20-3-12-27(17-21(20)2)34-41(38,39)28-15-13-26(14-16-28)33-30(37)23-6-8-24(9-7-23)31-35(29(36)19-40-31)18-22-4-10-25(32)11-5-22/h3-17,31,34H,18-19H2,1-2H3,(H,33,37)/t31-/m1/s1. The number of nitrogens with zero attached hydrogens (tertiary/aromatic N) is 1. The summed E-state index contributed by atoms with van der Waals surface area (Å²) in [6.07, 6.45) is 0. The van der Waals surface area contributed by atoms with E-state index in [0.29, 0.717) is 34.3 Å². The molecule has 2 amide bonds. The van der Waals surface area contributed by atoms with E-state index in [-0.39, 0.29) is 22.1 Å². The summed E-state index contributed by atoms with van der Waals surface area (Å²) in [5.41, 5.74) is 5.38. The number of rotatable bonds is 8. The average molecular weight is 606 g/mol. The van der Waals surface area contributed by atoms with Crippen LogP contribution in [-0.2, 0) is 21.4 Å². The van der Waals surface area contributed by atoms with Gasteiger partial charge in [0.25, 0.3) is 15.9 Å². The highest BCUT2D eigenvalue weighted by Gasteiger charge is 2.32. The summed E-state index contributed by atoms with van der Waals surface area (Å²) >= 11 is 7.54. The zero-order valence-electron chi connectivity index (χ0n) is 22.4. The summed E-state index contributed by atoms with van der Waals surface area (Å²) in [5, 5.41) is 3.30. The molecule has 2 N–H and O–H groups in total. The Morgan fingerprint density at radius 3 is 2.22 bits per heavy atom. The van der Waals surface area contributed by atoms with Gasteiger partial charge in [0.15, 0.2) is 0 Å². The Bertz CT molecular complexity index is 1690. The molecular formula is C31H28ClN3O4S2. The van der Waals surface area contributed by atoms with Crippen molar-refractivity contribution in [3.8, 4) is 0 Å². The summed E-state index contributed by atoms with van der Waals surface area (Å²) in [7, 11) is -3.78. The SMILES string of the molecule is Cc1ccc(NS(=O)(=O)c2ccc(NC(=O)c3ccc([C@H]4SCC(=O)N4Cc4ccc(Cl)cc4)cc3)cc2)cc1C. The van der Waals surface area contributed by atoms with Gasteiger partial charge in [0, 0.05) is 28.5 Å². The molecule has 0 aromatic heterocycles. The first-order chi connectivity index (χ1) is 19.6. The molecule has 41 heavy (non-hydrogen) atoms. The van der Waals surface area contributed by atoms with E-state index in [4.69, 9.17) is 11.6 Å². The lowest BCUT2D eigenvalue weighted by Crippen LogP contribution is -2.27. The molecule has 10 heteroatoms. The van der Waals surface area contributed by atoms with E-state index in [1.807, 2.05) is 61.2 Å². The van der Waals surface area contributed by atoms with Crippen LogP contribution in [0.2, 0.25) is 5.02 Å². The Balaban J connectivity index is 1.22. The number of benzene rings is 4. The van der Waals surface area contributed by atoms with Gasteiger partial charge in [-0.05, 0) is 96.8 Å². The summed E-state index contributed by atoms with van der Waals surface area (Å²) < 4.78 is 28.2. The van der Waals surface area contributed by atoms with Crippen LogP contribution < -0.4 is 10.0 Å². The minimum Gasteiger partial charge on any atom is -0.322 e. The first-order valence-electron chi connectivity index (χ1n) is 12.9. The number of nitrogens with one attached hydrogen (secondary N) is 2. The summed E-state index contributed by atoms with van der Waals surface area (Å²) in [6, 6.07) is 26.0. The van der Waals surface area contributed by atoms with Crippen molar-refractivity contribution in [1.29, 1.82) is 0 Å². The van der Waals surface area contributed by atoms with E-state index in [2.05, 4.69) is 10.0 Å². The predicted molar refractivity (Wildman–Crippen MR) is 165 cm³/mol. The third-order valence-corrected chi connectivity index (χ3v) is 9.78. The first kappa shape index (κ1) is 28.7. The second-order valence-electron chi connectivity index (χ2n) is 9.82. The maximum absolute atomic E-state index is 12.9. The number of anilines is 2. The molecule has 1 aliphatic rings. The fourth-order valence-corrected chi connectivity index (χ4v) is 6.79. The fourth-order valence-electron chi connectivity index (χ4n) is 4.43. The molecule has 1 saturated heterocycles. The molecule has 0 spiro atoms. The quantitative estimate of drug-likeness (QED) is 0.231. The normalized spacial score (nSPS) is 15.1. The van der Waals surface area contributed by atoms with Crippen LogP contribution in [0.5, 0.6) is 0 Å². The van der Waals surface area contributed by atoms with Gasteiger partial charge in [0.05, 0.1) is 10.6 Å². The van der Waals surface area contributed by atoms with Crippen molar-refractivity contribution in [3.05, 3.63) is 124 Å². The highest BCUT2D eigenvalue weighted by atomic mass is 35.5. The molecule has 0 bridgehead atoms. The minimum absolute atomic E-state index is 0.0615. The summed E-state index contributed by atoms with van der Waals surface area (Å²) in [4.78, 5) is 27.4. The molecular weight excluding hydrogens is 578 g/mol. The fraction of sp³-hybridized carbons (Fsp3) is 0.161. The van der Waals surface area contributed by atoms with Gasteiger partial charge >= 0.3 is 0 Å². The Morgan fingerprint density at radius 2 is 1.56 bits per heavy atom. The second-order valence-corrected chi connectivity index (χ2v) is 13.0. The number of aryl methyl sites for hydroxylation is 2. The van der Waals surface area contributed by atoms with Gasteiger partial charge in [-0.1, -0.05) is 41.9 Å². The van der Waals surface area contributed by atoms with Gasteiger partial charge in [-0.3, -0.25) is 14.3 Å². The monoisotopic (exact) mass is 605 g/mol. The van der Waals surface area contributed by atoms with E-state index < -0.39 is 10.0 Å². The lowest BCUT2D eigenvalue weighted by molar-refractivity contribution is -0.128. The van der Waals surface area contributed by atoms with Crippen molar-refractivity contribution < 1.29 is 18.0 Å². The van der Waals surface area contributed by atoms with Crippen molar-refractivity contribution in [2.75, 3.05) is 15.8 Å². The Morgan fingerprint density at radius 1 is 0.902 bits per heavy atom. The number of hydrogen-bond donors (Lipinski definition) is 2. The predicted octanol–water partition coefficient (Wildman–Crippen LogP) is 6.78. The van der Waals surface area contributed by atoms with Crippen LogP contribution in [0.15, 0.2) is 95.9 Å². The van der Waals surface area contributed by atoms with Crippen molar-refractivity contribution in [2.45, 2.75) is 30.7 Å². The van der Waals surface area contributed by atoms with Crippen LogP contribution in [0.4, 0.5) is 11.4 Å². The highest BCUT2D eigenvalue weighted by Crippen LogP contribution is 2.39. The van der Waals surface area contributed by atoms with Crippen LogP contribution in [-0.4, -0.2) is 30.9 Å². The van der Waals surface area contributed by atoms with Gasteiger partial charge in [-0.15, -0.1) is 11.8 Å². The smallest absolute Gasteiger partial charge is 0.261 e. The number of amides is 2. The van der Waals surface area contributed by atoms with Gasteiger partial charge in [-0.25, -0.2) is 8.42 Å². The Hall–Kier alpha value is -3.79. The maximum atomic E-state index is 12.9. The molecule has 0 aliphatic carbocycles. The average Bonchev–Trinajstić information content (AvgIpc) is 3.31. The number of carbonyl (C=O) groups excluding carboxylic acids is 2. The van der Waals surface area contributed by atoms with Crippen LogP contribution in [0, 0.1) is 13.8 Å². The molecule has 0 unspecified atom stereocenters. The number of halogens is 1. The van der Waals surface area contributed by atoms with Crippen molar-refractivity contribution in [2.24, 2.45) is 0 Å². The molecule has 5 rings (SSSR count). The first-order valence-corrected chi connectivity index (χ1v) is 15.8. The van der Waals surface area contributed by atoms with Crippen molar-refractivity contribution in [1.82, 2.24) is 4.90 Å². The second kappa shape index (κ2) is 12.0. The van der Waals surface area contributed by atoms with Crippen LogP contribution in [0.25, 0.3) is 0 Å². The number of sulfonamides is 1. The lowest BCUT2D eigenvalue weighted by atomic mass is 10.1. The van der Waals surface area contributed by atoms with Gasteiger partial charge in [-0.2, -0.15) is 0 Å². The van der Waals surface area contributed by atoms with E-state index >= 15 is 0 Å². The molecule has 1 fully saturated rings. The van der Waals surface area contributed by atoms with E-state index in [1.54, 1.807) is 48.2 Å². The number of thioether (sulfide) groups is 1. The third kappa shape index (κ3) is 6.75. The zero-order chi connectivity index (χ0) is 29.1. The Kier molecular flexibility index (Phi) is 8.40. The molecule has 4 aromatic rings. The molecule has 4 aromatic carbocycles. The molecule has 1 heterocycles. The molecule has 210 valence electrons. The number of hydrogen-bond acceptors (Lipinski definition) is 5. The largest absolute Gasteiger partial charge is 0.322 e. The van der Waals surface area contributed by atoms with Crippen LogP contribution in [0.1, 0.15) is 38.0 Å². The number of carbonyl (C=O) groups is 2. The van der Waals surface area contributed by atoms with Gasteiger partial charge in [0.1, 0.15) is 5.37 Å². The van der Waals surface area contributed by atoms with E-state index in [0.717, 1.165) is 22.3 Å². The molecule has 7 nitrogen and oxygen atoms in total. The highest BCUT2D eigenvalue weighted by molar-refractivity contribution is 8.00. The zero-order valence-corrected chi connectivity index (χ0v) is 24.8. The van der Waals surface area contributed by atoms with Crippen molar-refractivity contribution in [3.63, 3.8) is 0 Å². The molecule has 1 aliphatic heterocycles. The topological polar surface area (TPSA) is 95.6 Å². The van der Waals surface area contributed by atoms with Crippen molar-refractivity contribution >= 4 is 56.6 Å². The van der Waals surface area contributed by atoms with Crippen LogP contribution in [0.3, 0.4) is 0 Å². The molecule has 1 atom stereocenters. The summed E-state index contributed by atoms with van der Waals surface area (Å²) in [6.45, 7) is 4.36. The van der Waals surface area contributed by atoms with Crippen LogP contribution >= 0.6 is 23.4 Å². The van der Waals surface area contributed by atoms with E-state index in [1.165, 1.54) is 12.1 Å². The van der Waals surface area contributed by atoms with Gasteiger partial charge < -0.3 is 10.2 Å². The maximum Gasteiger partial charge on any atom is 0.261 e. The Labute approximate surface area is 249 Å². The van der Waals surface area contributed by atoms with Gasteiger partial charge in [0.2, 0.25) is 5.91 Å².